The van der Waals surface area contributed by atoms with E-state index >= 15 is 0 Å². The molecule has 0 spiro atoms. The van der Waals surface area contributed by atoms with Crippen LogP contribution in [-0.4, -0.2) is 34.0 Å². The second kappa shape index (κ2) is 5.56. The molecule has 0 aliphatic carbocycles. The van der Waals surface area contributed by atoms with Crippen LogP contribution in [-0.2, 0) is 6.54 Å². The largest absolute Gasteiger partial charge is 0.348 e. The van der Waals surface area contributed by atoms with Crippen molar-refractivity contribution in [2.24, 2.45) is 5.84 Å². The first kappa shape index (κ1) is 12.5. The van der Waals surface area contributed by atoms with Gasteiger partial charge in [0.25, 0.3) is 0 Å². The third kappa shape index (κ3) is 3.02. The van der Waals surface area contributed by atoms with Gasteiger partial charge in [0, 0.05) is 19.5 Å². The SMILES string of the molecule is CN(C)c1nc(NN)nc(NCc2cscn2)n1. The Morgan fingerprint density at radius 1 is 1.28 bits per heavy atom. The number of hydrazine groups is 1. The fourth-order valence-electron chi connectivity index (χ4n) is 1.20. The van der Waals surface area contributed by atoms with Gasteiger partial charge in [-0.15, -0.1) is 11.3 Å². The van der Waals surface area contributed by atoms with E-state index in [2.05, 4.69) is 30.7 Å². The van der Waals surface area contributed by atoms with Gasteiger partial charge in [0.1, 0.15) is 0 Å². The van der Waals surface area contributed by atoms with E-state index in [0.29, 0.717) is 24.4 Å². The van der Waals surface area contributed by atoms with Crippen LogP contribution in [0, 0.1) is 0 Å². The number of nitrogens with one attached hydrogen (secondary N) is 2. The van der Waals surface area contributed by atoms with E-state index in [1.165, 1.54) is 0 Å². The second-order valence-corrected chi connectivity index (χ2v) is 4.37. The summed E-state index contributed by atoms with van der Waals surface area (Å²) in [6, 6.07) is 0. The smallest absolute Gasteiger partial charge is 0.243 e. The third-order valence-corrected chi connectivity index (χ3v) is 2.70. The molecule has 8 nitrogen and oxygen atoms in total. The minimum atomic E-state index is 0.314. The van der Waals surface area contributed by atoms with Gasteiger partial charge in [0.15, 0.2) is 0 Å². The number of thiazole rings is 1. The first-order valence-corrected chi connectivity index (χ1v) is 6.14. The molecule has 0 aliphatic rings. The third-order valence-electron chi connectivity index (χ3n) is 2.06. The van der Waals surface area contributed by atoms with Crippen LogP contribution in [0.1, 0.15) is 5.69 Å². The second-order valence-electron chi connectivity index (χ2n) is 3.65. The molecule has 2 heterocycles. The quantitative estimate of drug-likeness (QED) is 0.524. The van der Waals surface area contributed by atoms with Gasteiger partial charge in [0.05, 0.1) is 17.7 Å². The maximum atomic E-state index is 5.32. The van der Waals surface area contributed by atoms with E-state index < -0.39 is 0 Å². The summed E-state index contributed by atoms with van der Waals surface area (Å²) in [6.45, 7) is 0.560. The normalized spacial score (nSPS) is 10.2. The van der Waals surface area contributed by atoms with E-state index in [4.69, 9.17) is 5.84 Å². The van der Waals surface area contributed by atoms with Crippen molar-refractivity contribution < 1.29 is 0 Å². The van der Waals surface area contributed by atoms with Crippen LogP contribution in [0.5, 0.6) is 0 Å². The number of hydrogen-bond donors (Lipinski definition) is 3. The average molecular weight is 266 g/mol. The highest BCUT2D eigenvalue weighted by Gasteiger charge is 2.07. The zero-order chi connectivity index (χ0) is 13.0. The average Bonchev–Trinajstić information content (AvgIpc) is 2.89. The minimum absolute atomic E-state index is 0.314. The van der Waals surface area contributed by atoms with E-state index in [1.54, 1.807) is 21.7 Å². The fourth-order valence-corrected chi connectivity index (χ4v) is 1.76. The molecule has 96 valence electrons. The molecule has 0 atom stereocenters. The molecule has 2 aromatic rings. The predicted octanol–water partition coefficient (Wildman–Crippen LogP) is 0.292. The van der Waals surface area contributed by atoms with Gasteiger partial charge in [-0.2, -0.15) is 15.0 Å². The summed E-state index contributed by atoms with van der Waals surface area (Å²) in [5.74, 6) is 6.61. The highest BCUT2D eigenvalue weighted by atomic mass is 32.1. The lowest BCUT2D eigenvalue weighted by Crippen LogP contribution is -2.19. The Balaban J connectivity index is 2.13. The molecule has 0 unspecified atom stereocenters. The molecule has 0 aliphatic heterocycles. The standard InChI is InChI=1S/C9H14N8S/c1-17(2)9-14-7(13-8(15-9)16-10)11-3-6-4-18-5-12-6/h4-5H,3,10H2,1-2H3,(H2,11,13,14,15,16). The van der Waals surface area contributed by atoms with Crippen molar-refractivity contribution in [2.75, 3.05) is 29.7 Å². The van der Waals surface area contributed by atoms with Crippen molar-refractivity contribution in [3.63, 3.8) is 0 Å². The lowest BCUT2D eigenvalue weighted by molar-refractivity contribution is 0.933. The summed E-state index contributed by atoms with van der Waals surface area (Å²) >= 11 is 1.55. The molecule has 2 aromatic heterocycles. The van der Waals surface area contributed by atoms with Crippen molar-refractivity contribution in [3.8, 4) is 0 Å². The molecule has 2 rings (SSSR count). The zero-order valence-electron chi connectivity index (χ0n) is 10.1. The summed E-state index contributed by atoms with van der Waals surface area (Å²) in [4.78, 5) is 18.4. The van der Waals surface area contributed by atoms with Crippen LogP contribution >= 0.6 is 11.3 Å². The number of aromatic nitrogens is 4. The molecule has 0 fully saturated rings. The highest BCUT2D eigenvalue weighted by Crippen LogP contribution is 2.11. The topological polar surface area (TPSA) is 105 Å². The molecule has 9 heteroatoms. The van der Waals surface area contributed by atoms with Crippen LogP contribution in [0.2, 0.25) is 0 Å². The maximum absolute atomic E-state index is 5.32. The Kier molecular flexibility index (Phi) is 3.85. The Labute approximate surface area is 108 Å². The lowest BCUT2D eigenvalue weighted by Gasteiger charge is -2.12. The van der Waals surface area contributed by atoms with E-state index in [-0.39, 0.29) is 0 Å². The van der Waals surface area contributed by atoms with Gasteiger partial charge in [-0.25, -0.2) is 10.8 Å². The first-order chi connectivity index (χ1) is 8.69. The van der Waals surface area contributed by atoms with Crippen LogP contribution in [0.3, 0.4) is 0 Å². The van der Waals surface area contributed by atoms with E-state index in [9.17, 15) is 0 Å². The van der Waals surface area contributed by atoms with Crippen LogP contribution in [0.25, 0.3) is 0 Å². The van der Waals surface area contributed by atoms with Gasteiger partial charge in [-0.1, -0.05) is 0 Å². The monoisotopic (exact) mass is 266 g/mol. The van der Waals surface area contributed by atoms with Crippen molar-refractivity contribution in [1.82, 2.24) is 19.9 Å². The highest BCUT2D eigenvalue weighted by molar-refractivity contribution is 7.07. The number of nitrogens with zero attached hydrogens (tertiary/aromatic N) is 5. The number of anilines is 3. The summed E-state index contributed by atoms with van der Waals surface area (Å²) in [5.41, 5.74) is 5.13. The molecular formula is C9H14N8S. The summed E-state index contributed by atoms with van der Waals surface area (Å²) < 4.78 is 0. The number of nitrogen functional groups attached to an aromatic ring is 1. The Morgan fingerprint density at radius 3 is 2.67 bits per heavy atom. The number of rotatable bonds is 5. The maximum Gasteiger partial charge on any atom is 0.243 e. The number of hydrogen-bond acceptors (Lipinski definition) is 9. The molecule has 4 N–H and O–H groups in total. The fraction of sp³-hybridized carbons (Fsp3) is 0.333. The molecule has 0 radical (unpaired) electrons. The molecule has 0 saturated heterocycles. The summed E-state index contributed by atoms with van der Waals surface area (Å²) in [7, 11) is 3.69. The van der Waals surface area contributed by atoms with Crippen molar-refractivity contribution in [3.05, 3.63) is 16.6 Å². The molecule has 0 bridgehead atoms. The van der Waals surface area contributed by atoms with Gasteiger partial charge < -0.3 is 10.2 Å². The van der Waals surface area contributed by atoms with Crippen LogP contribution < -0.4 is 21.5 Å². The lowest BCUT2D eigenvalue weighted by atomic mass is 10.5. The molecule has 0 saturated carbocycles. The molecule has 0 amide bonds. The van der Waals surface area contributed by atoms with Crippen LogP contribution in [0.4, 0.5) is 17.8 Å². The molecule has 18 heavy (non-hydrogen) atoms. The van der Waals surface area contributed by atoms with E-state index in [1.807, 2.05) is 19.5 Å². The van der Waals surface area contributed by atoms with Crippen molar-refractivity contribution in [1.29, 1.82) is 0 Å². The van der Waals surface area contributed by atoms with Gasteiger partial charge in [-0.05, 0) is 0 Å². The van der Waals surface area contributed by atoms with Crippen LogP contribution in [0.15, 0.2) is 10.9 Å². The molecular weight excluding hydrogens is 252 g/mol. The molecule has 0 aromatic carbocycles. The van der Waals surface area contributed by atoms with Crippen molar-refractivity contribution in [2.45, 2.75) is 6.54 Å². The van der Waals surface area contributed by atoms with Gasteiger partial charge >= 0.3 is 0 Å². The minimum Gasteiger partial charge on any atom is -0.348 e. The Morgan fingerprint density at radius 2 is 2.06 bits per heavy atom. The van der Waals surface area contributed by atoms with Gasteiger partial charge in [-0.3, -0.25) is 5.43 Å². The van der Waals surface area contributed by atoms with Gasteiger partial charge in [0.2, 0.25) is 17.8 Å². The predicted molar refractivity (Wildman–Crippen MR) is 71.4 cm³/mol. The number of nitrogens with two attached hydrogens (primary N) is 1. The Bertz CT molecular complexity index is 497. The first-order valence-electron chi connectivity index (χ1n) is 5.20. The summed E-state index contributed by atoms with van der Waals surface area (Å²) in [5, 5.41) is 5.04. The van der Waals surface area contributed by atoms with E-state index in [0.717, 1.165) is 5.69 Å². The van der Waals surface area contributed by atoms with Crippen molar-refractivity contribution >= 4 is 29.2 Å². The zero-order valence-corrected chi connectivity index (χ0v) is 10.9. The Hall–Kier alpha value is -2.00. The summed E-state index contributed by atoms with van der Waals surface area (Å²) in [6.07, 6.45) is 0.